The Morgan fingerprint density at radius 1 is 1.19 bits per heavy atom. The Hall–Kier alpha value is -2.75. The molecule has 2 rings (SSSR count). The fraction of sp³-hybridized carbons (Fsp3) is 0.118. The van der Waals surface area contributed by atoms with Crippen LogP contribution in [0.3, 0.4) is 0 Å². The van der Waals surface area contributed by atoms with Crippen LogP contribution in [-0.4, -0.2) is 16.2 Å². The number of phenolic OH excluding ortho intramolecular Hbond substituents is 1. The number of hydrogen-bond acceptors (Lipinski definition) is 3. The molecule has 0 unspecified atom stereocenters. The topological polar surface area (TPSA) is 66.8 Å². The van der Waals surface area contributed by atoms with Crippen molar-refractivity contribution in [3.63, 3.8) is 0 Å². The Bertz CT molecular complexity index is 674. The van der Waals surface area contributed by atoms with E-state index in [0.717, 1.165) is 5.56 Å². The molecule has 0 saturated heterocycles. The highest BCUT2D eigenvalue weighted by molar-refractivity contribution is 6.15. The van der Waals surface area contributed by atoms with Crippen molar-refractivity contribution in [1.82, 2.24) is 0 Å². The number of rotatable bonds is 5. The Labute approximate surface area is 122 Å². The standard InChI is InChI=1S/C17H16O4/c1-2-15(17(19)20)16-9-4-3-6-12(16)11-21-14-8-5-7-13(18)10-14/h2-10,18H,11H2,1H3,(H,19,20). The third-order valence-corrected chi connectivity index (χ3v) is 3.04. The van der Waals surface area contributed by atoms with Gasteiger partial charge in [-0.05, 0) is 30.2 Å². The molecule has 2 aromatic rings. The molecule has 0 saturated carbocycles. The second kappa shape index (κ2) is 6.61. The zero-order chi connectivity index (χ0) is 15.2. The molecule has 0 aromatic heterocycles. The number of ether oxygens (including phenoxy) is 1. The number of phenols is 1. The van der Waals surface area contributed by atoms with Gasteiger partial charge in [-0.2, -0.15) is 0 Å². The van der Waals surface area contributed by atoms with Gasteiger partial charge < -0.3 is 14.9 Å². The Morgan fingerprint density at radius 2 is 1.95 bits per heavy atom. The number of aliphatic carboxylic acids is 1. The lowest BCUT2D eigenvalue weighted by Gasteiger charge is -2.11. The average Bonchev–Trinajstić information content (AvgIpc) is 2.47. The second-order valence-electron chi connectivity index (χ2n) is 4.45. The molecule has 2 aromatic carbocycles. The number of carboxylic acids is 1. The van der Waals surface area contributed by atoms with E-state index in [2.05, 4.69) is 0 Å². The maximum Gasteiger partial charge on any atom is 0.335 e. The lowest BCUT2D eigenvalue weighted by atomic mass is 10.00. The monoisotopic (exact) mass is 284 g/mol. The van der Waals surface area contributed by atoms with Crippen molar-refractivity contribution in [2.24, 2.45) is 0 Å². The highest BCUT2D eigenvalue weighted by atomic mass is 16.5. The Balaban J connectivity index is 2.23. The Kier molecular flexibility index (Phi) is 4.61. The largest absolute Gasteiger partial charge is 0.508 e. The summed E-state index contributed by atoms with van der Waals surface area (Å²) in [7, 11) is 0. The molecule has 4 nitrogen and oxygen atoms in total. The number of carboxylic acid groups (broad SMARTS) is 1. The van der Waals surface area contributed by atoms with E-state index in [1.54, 1.807) is 43.3 Å². The van der Waals surface area contributed by atoms with E-state index in [1.807, 2.05) is 12.1 Å². The maximum absolute atomic E-state index is 11.3. The molecular formula is C17H16O4. The zero-order valence-corrected chi connectivity index (χ0v) is 11.6. The van der Waals surface area contributed by atoms with Gasteiger partial charge in [-0.1, -0.05) is 36.4 Å². The quantitative estimate of drug-likeness (QED) is 0.825. The first-order chi connectivity index (χ1) is 10.1. The van der Waals surface area contributed by atoms with Crippen LogP contribution >= 0.6 is 0 Å². The van der Waals surface area contributed by atoms with E-state index in [9.17, 15) is 15.0 Å². The van der Waals surface area contributed by atoms with Gasteiger partial charge in [0, 0.05) is 6.07 Å². The lowest BCUT2D eigenvalue weighted by molar-refractivity contribution is -0.130. The van der Waals surface area contributed by atoms with Gasteiger partial charge in [0.25, 0.3) is 0 Å². The van der Waals surface area contributed by atoms with Gasteiger partial charge in [0.1, 0.15) is 18.1 Å². The molecule has 0 aliphatic heterocycles. The first-order valence-electron chi connectivity index (χ1n) is 6.51. The smallest absolute Gasteiger partial charge is 0.335 e. The summed E-state index contributed by atoms with van der Waals surface area (Å²) >= 11 is 0. The molecular weight excluding hydrogens is 268 g/mol. The highest BCUT2D eigenvalue weighted by Gasteiger charge is 2.13. The van der Waals surface area contributed by atoms with Gasteiger partial charge in [-0.3, -0.25) is 0 Å². The van der Waals surface area contributed by atoms with Gasteiger partial charge in [-0.15, -0.1) is 0 Å². The molecule has 0 aliphatic rings. The van der Waals surface area contributed by atoms with E-state index < -0.39 is 5.97 Å². The number of hydrogen-bond donors (Lipinski definition) is 2. The van der Waals surface area contributed by atoms with Crippen LogP contribution < -0.4 is 4.74 Å². The number of aromatic hydroxyl groups is 1. The molecule has 0 heterocycles. The van der Waals surface area contributed by atoms with Crippen molar-refractivity contribution in [3.8, 4) is 11.5 Å². The predicted octanol–water partition coefficient (Wildman–Crippen LogP) is 3.46. The van der Waals surface area contributed by atoms with Crippen LogP contribution in [0.4, 0.5) is 0 Å². The van der Waals surface area contributed by atoms with Gasteiger partial charge in [0.15, 0.2) is 0 Å². The summed E-state index contributed by atoms with van der Waals surface area (Å²) in [5, 5.41) is 18.6. The van der Waals surface area contributed by atoms with Gasteiger partial charge in [0.05, 0.1) is 5.57 Å². The first-order valence-corrected chi connectivity index (χ1v) is 6.51. The van der Waals surface area contributed by atoms with Crippen LogP contribution in [0, 0.1) is 0 Å². The second-order valence-corrected chi connectivity index (χ2v) is 4.45. The molecule has 0 radical (unpaired) electrons. The lowest BCUT2D eigenvalue weighted by Crippen LogP contribution is -2.05. The van der Waals surface area contributed by atoms with E-state index in [-0.39, 0.29) is 17.9 Å². The van der Waals surface area contributed by atoms with Crippen molar-refractivity contribution in [2.45, 2.75) is 13.5 Å². The van der Waals surface area contributed by atoms with Crippen LogP contribution in [0.1, 0.15) is 18.1 Å². The van der Waals surface area contributed by atoms with Crippen LogP contribution in [-0.2, 0) is 11.4 Å². The third-order valence-electron chi connectivity index (χ3n) is 3.04. The maximum atomic E-state index is 11.3. The van der Waals surface area contributed by atoms with Crippen molar-refractivity contribution < 1.29 is 19.7 Å². The van der Waals surface area contributed by atoms with E-state index in [4.69, 9.17) is 4.74 Å². The minimum atomic E-state index is -0.970. The van der Waals surface area contributed by atoms with Crippen LogP contribution in [0.15, 0.2) is 54.6 Å². The number of allylic oxidation sites excluding steroid dienone is 1. The summed E-state index contributed by atoms with van der Waals surface area (Å²) in [6.07, 6.45) is 1.56. The average molecular weight is 284 g/mol. The van der Waals surface area contributed by atoms with E-state index in [0.29, 0.717) is 11.3 Å². The third kappa shape index (κ3) is 3.63. The van der Waals surface area contributed by atoms with Gasteiger partial charge >= 0.3 is 5.97 Å². The summed E-state index contributed by atoms with van der Waals surface area (Å²) in [6.45, 7) is 1.92. The zero-order valence-electron chi connectivity index (χ0n) is 11.6. The van der Waals surface area contributed by atoms with Crippen molar-refractivity contribution in [1.29, 1.82) is 0 Å². The summed E-state index contributed by atoms with van der Waals surface area (Å²) in [6, 6.07) is 13.7. The Morgan fingerprint density at radius 3 is 2.62 bits per heavy atom. The molecule has 0 bridgehead atoms. The summed E-state index contributed by atoms with van der Waals surface area (Å²) in [4.78, 5) is 11.3. The van der Waals surface area contributed by atoms with E-state index in [1.165, 1.54) is 6.07 Å². The number of benzene rings is 2. The van der Waals surface area contributed by atoms with Crippen molar-refractivity contribution >= 4 is 11.5 Å². The van der Waals surface area contributed by atoms with Crippen molar-refractivity contribution in [2.75, 3.05) is 0 Å². The van der Waals surface area contributed by atoms with Gasteiger partial charge in [-0.25, -0.2) is 4.79 Å². The molecule has 0 atom stereocenters. The SMILES string of the molecule is CC=C(C(=O)O)c1ccccc1COc1cccc(O)c1. The summed E-state index contributed by atoms with van der Waals surface area (Å²) < 4.78 is 5.61. The molecule has 0 amide bonds. The van der Waals surface area contributed by atoms with Crippen molar-refractivity contribution in [3.05, 3.63) is 65.7 Å². The van der Waals surface area contributed by atoms with Crippen LogP contribution in [0.25, 0.3) is 5.57 Å². The predicted molar refractivity (Wildman–Crippen MR) is 80.2 cm³/mol. The number of carbonyl (C=O) groups is 1. The minimum absolute atomic E-state index is 0.125. The minimum Gasteiger partial charge on any atom is -0.508 e. The fourth-order valence-corrected chi connectivity index (χ4v) is 2.04. The molecule has 108 valence electrons. The fourth-order valence-electron chi connectivity index (χ4n) is 2.04. The van der Waals surface area contributed by atoms with Crippen LogP contribution in [0.2, 0.25) is 0 Å². The summed E-state index contributed by atoms with van der Waals surface area (Å²) in [5.74, 6) is -0.315. The molecule has 2 N–H and O–H groups in total. The normalized spacial score (nSPS) is 11.2. The highest BCUT2D eigenvalue weighted by Crippen LogP contribution is 2.23. The molecule has 0 spiro atoms. The molecule has 0 aliphatic carbocycles. The van der Waals surface area contributed by atoms with E-state index >= 15 is 0 Å². The molecule has 0 fully saturated rings. The van der Waals surface area contributed by atoms with Crippen LogP contribution in [0.5, 0.6) is 11.5 Å². The molecule has 4 heteroatoms. The molecule has 21 heavy (non-hydrogen) atoms. The summed E-state index contributed by atoms with van der Waals surface area (Å²) in [5.41, 5.74) is 1.65. The van der Waals surface area contributed by atoms with Gasteiger partial charge in [0.2, 0.25) is 0 Å². The first kappa shape index (κ1) is 14.7.